The van der Waals surface area contributed by atoms with Crippen molar-refractivity contribution in [1.82, 2.24) is 4.98 Å². The summed E-state index contributed by atoms with van der Waals surface area (Å²) in [6.07, 6.45) is 0. The van der Waals surface area contributed by atoms with Crippen LogP contribution in [0.2, 0.25) is 0 Å². The number of nitrogens with zero attached hydrogens (tertiary/aromatic N) is 1. The van der Waals surface area contributed by atoms with Gasteiger partial charge >= 0.3 is 5.97 Å². The molecular weight excluding hydrogens is 524 g/mol. The molecule has 0 unspecified atom stereocenters. The third-order valence-corrected chi connectivity index (χ3v) is 6.21. The Labute approximate surface area is 234 Å². The SMILES string of the molecule is C=C=C=C=C.C=C=C=C=C=C=C.C=C=O.Nc1c(C(=O)O)sc2nc(-c3cccs3)cc(-c3ccccc3)c12. The lowest BCUT2D eigenvalue weighted by molar-refractivity contribution is 0.0703. The van der Waals surface area contributed by atoms with Gasteiger partial charge in [0, 0.05) is 5.39 Å². The summed E-state index contributed by atoms with van der Waals surface area (Å²) >= 11 is 2.72. The van der Waals surface area contributed by atoms with Crippen LogP contribution in [0.3, 0.4) is 0 Å². The molecule has 3 heterocycles. The van der Waals surface area contributed by atoms with E-state index in [1.54, 1.807) is 11.3 Å². The summed E-state index contributed by atoms with van der Waals surface area (Å²) in [5.41, 5.74) is 28.2. The molecule has 39 heavy (non-hydrogen) atoms. The number of fused-ring (bicyclic) bond motifs is 1. The van der Waals surface area contributed by atoms with Gasteiger partial charge in [-0.1, -0.05) is 59.3 Å². The average Bonchev–Trinajstić information content (AvgIpc) is 3.59. The highest BCUT2D eigenvalue weighted by Gasteiger charge is 2.21. The van der Waals surface area contributed by atoms with Gasteiger partial charge in [-0.2, -0.15) is 0 Å². The van der Waals surface area contributed by atoms with Crippen molar-refractivity contribution in [3.05, 3.63) is 138 Å². The van der Waals surface area contributed by atoms with Crippen LogP contribution >= 0.6 is 22.7 Å². The van der Waals surface area contributed by atoms with Gasteiger partial charge in [-0.05, 0) is 84.5 Å². The van der Waals surface area contributed by atoms with Gasteiger partial charge in [0.25, 0.3) is 0 Å². The monoisotopic (exact) mass is 546 g/mol. The number of carboxylic acid groups (broad SMARTS) is 1. The molecule has 0 amide bonds. The van der Waals surface area contributed by atoms with E-state index in [-0.39, 0.29) is 10.6 Å². The van der Waals surface area contributed by atoms with Gasteiger partial charge in [0.05, 0.1) is 16.3 Å². The average molecular weight is 547 g/mol. The van der Waals surface area contributed by atoms with Gasteiger partial charge < -0.3 is 10.8 Å². The molecule has 4 aromatic rings. The van der Waals surface area contributed by atoms with E-state index in [9.17, 15) is 9.90 Å². The van der Waals surface area contributed by atoms with Crippen LogP contribution in [0, 0.1) is 0 Å². The third kappa shape index (κ3) is 9.80. The third-order valence-electron chi connectivity index (χ3n) is 4.23. The first-order valence-electron chi connectivity index (χ1n) is 10.7. The fourth-order valence-electron chi connectivity index (χ4n) is 2.86. The van der Waals surface area contributed by atoms with E-state index in [0.717, 1.165) is 33.0 Å². The van der Waals surface area contributed by atoms with Crippen LogP contribution in [0.15, 0.2) is 133 Å². The van der Waals surface area contributed by atoms with E-state index in [1.165, 1.54) is 5.94 Å². The van der Waals surface area contributed by atoms with Crippen molar-refractivity contribution in [3.8, 4) is 21.7 Å². The minimum atomic E-state index is -1.02. The van der Waals surface area contributed by atoms with Crippen LogP contribution in [0.25, 0.3) is 31.9 Å². The maximum absolute atomic E-state index is 11.5. The maximum Gasteiger partial charge on any atom is 0.348 e. The van der Waals surface area contributed by atoms with Crippen molar-refractivity contribution in [2.45, 2.75) is 0 Å². The minimum absolute atomic E-state index is 0.137. The van der Waals surface area contributed by atoms with Crippen LogP contribution in [0.5, 0.6) is 0 Å². The molecule has 0 saturated carbocycles. The minimum Gasteiger partial charge on any atom is -0.477 e. The second-order valence-corrected chi connectivity index (χ2v) is 8.53. The normalized spacial score (nSPS) is 8.00. The number of hydrogen-bond acceptors (Lipinski definition) is 6. The number of carbonyl (C=O) groups is 1. The van der Waals surface area contributed by atoms with Crippen LogP contribution in [0.1, 0.15) is 9.67 Å². The number of benzene rings is 1. The number of carboxylic acids is 1. The lowest BCUT2D eigenvalue weighted by atomic mass is 10.0. The number of thiophene rings is 2. The molecule has 0 saturated heterocycles. The summed E-state index contributed by atoms with van der Waals surface area (Å²) in [6, 6.07) is 15.8. The Bertz CT molecular complexity index is 1730. The number of hydrogen-bond donors (Lipinski definition) is 2. The van der Waals surface area contributed by atoms with E-state index in [2.05, 4.69) is 83.7 Å². The Morgan fingerprint density at radius 3 is 1.92 bits per heavy atom. The number of anilines is 1. The first kappa shape index (κ1) is 31.5. The lowest BCUT2D eigenvalue weighted by Crippen LogP contribution is -1.97. The van der Waals surface area contributed by atoms with E-state index < -0.39 is 5.97 Å². The molecule has 0 aliphatic rings. The molecule has 1 aromatic carbocycles. The maximum atomic E-state index is 11.5. The summed E-state index contributed by atoms with van der Waals surface area (Å²) in [4.78, 5) is 26.5. The topological polar surface area (TPSA) is 93.3 Å². The number of nitrogens with two attached hydrogens (primary N) is 1. The van der Waals surface area contributed by atoms with Crippen LogP contribution in [-0.4, -0.2) is 22.0 Å². The number of aromatic nitrogens is 1. The lowest BCUT2D eigenvalue weighted by Gasteiger charge is -2.07. The van der Waals surface area contributed by atoms with E-state index in [1.807, 2.05) is 53.9 Å². The van der Waals surface area contributed by atoms with Crippen molar-refractivity contribution >= 4 is 50.5 Å². The molecule has 0 aliphatic heterocycles. The second kappa shape index (κ2) is 17.8. The highest BCUT2D eigenvalue weighted by Crippen LogP contribution is 2.41. The molecule has 5 nitrogen and oxygen atoms in total. The number of aromatic carboxylic acids is 1. The summed E-state index contributed by atoms with van der Waals surface area (Å²) in [5.74, 6) is 0.229. The molecular formula is C32H22N2O3S2. The summed E-state index contributed by atoms with van der Waals surface area (Å²) < 4.78 is 0. The largest absolute Gasteiger partial charge is 0.477 e. The van der Waals surface area contributed by atoms with Crippen molar-refractivity contribution in [3.63, 3.8) is 0 Å². The van der Waals surface area contributed by atoms with Crippen molar-refractivity contribution in [2.75, 3.05) is 5.73 Å². The Hall–Kier alpha value is -5.53. The summed E-state index contributed by atoms with van der Waals surface area (Å²) in [5, 5.41) is 12.1. The van der Waals surface area contributed by atoms with Gasteiger partial charge in [0.1, 0.15) is 15.6 Å². The number of pyridine rings is 1. The van der Waals surface area contributed by atoms with E-state index in [4.69, 9.17) is 10.5 Å². The van der Waals surface area contributed by atoms with Gasteiger partial charge in [-0.15, -0.1) is 22.7 Å². The van der Waals surface area contributed by atoms with Crippen molar-refractivity contribution < 1.29 is 14.7 Å². The summed E-state index contributed by atoms with van der Waals surface area (Å²) in [6.45, 7) is 15.6. The smallest absolute Gasteiger partial charge is 0.348 e. The number of rotatable bonds is 3. The van der Waals surface area contributed by atoms with Gasteiger partial charge in [0.15, 0.2) is 0 Å². The fourth-order valence-corrected chi connectivity index (χ4v) is 4.50. The van der Waals surface area contributed by atoms with Crippen LogP contribution in [0.4, 0.5) is 5.69 Å². The zero-order valence-corrected chi connectivity index (χ0v) is 22.5. The Kier molecular flexibility index (Phi) is 14.4. The molecule has 190 valence electrons. The molecule has 3 N–H and O–H groups in total. The van der Waals surface area contributed by atoms with E-state index >= 15 is 0 Å². The Morgan fingerprint density at radius 1 is 0.872 bits per heavy atom. The molecule has 0 atom stereocenters. The van der Waals surface area contributed by atoms with Crippen molar-refractivity contribution in [2.24, 2.45) is 0 Å². The molecule has 0 aliphatic carbocycles. The Morgan fingerprint density at radius 2 is 1.46 bits per heavy atom. The molecule has 3 aromatic heterocycles. The standard InChI is InChI=1S/C18H12N2O2S2.C7H4.C5H4.C2H2O/c19-15-14-11(10-5-2-1-3-6-10)9-12(13-7-4-8-23-13)20-17(14)24-16(15)18(21)22;1-3-5-7-6-4-2;1-3-5-4-2;1-2-3/h1-9H,19H2,(H,21,22);1-2H2;1-2H2;1H2. The predicted molar refractivity (Wildman–Crippen MR) is 162 cm³/mol. The number of nitrogen functional groups attached to an aromatic ring is 1. The van der Waals surface area contributed by atoms with E-state index in [0.29, 0.717) is 10.2 Å². The summed E-state index contributed by atoms with van der Waals surface area (Å²) in [7, 11) is 0. The van der Waals surface area contributed by atoms with Gasteiger partial charge in [-0.3, -0.25) is 0 Å². The first-order chi connectivity index (χ1) is 18.9. The fraction of sp³-hybridized carbons (Fsp3) is 0. The number of carbonyl (C=O) groups excluding carboxylic acids is 1. The van der Waals surface area contributed by atoms with Gasteiger partial charge in [0.2, 0.25) is 0 Å². The van der Waals surface area contributed by atoms with Gasteiger partial charge in [-0.25, -0.2) is 14.6 Å². The highest BCUT2D eigenvalue weighted by molar-refractivity contribution is 7.21. The highest BCUT2D eigenvalue weighted by atomic mass is 32.1. The quantitative estimate of drug-likeness (QED) is 0.202. The predicted octanol–water partition coefficient (Wildman–Crippen LogP) is 7.82. The van der Waals surface area contributed by atoms with Crippen LogP contribution < -0.4 is 5.73 Å². The molecule has 7 heteroatoms. The Balaban J connectivity index is 0.000000421. The first-order valence-corrected chi connectivity index (χ1v) is 12.4. The molecule has 0 radical (unpaired) electrons. The molecule has 0 bridgehead atoms. The second-order valence-electron chi connectivity index (χ2n) is 6.58. The van der Waals surface area contributed by atoms with Crippen LogP contribution in [-0.2, 0) is 4.79 Å². The zero-order valence-electron chi connectivity index (χ0n) is 20.8. The molecule has 0 spiro atoms. The molecule has 4 rings (SSSR count). The molecule has 0 fully saturated rings. The zero-order chi connectivity index (χ0) is 29.0. The van der Waals surface area contributed by atoms with Crippen molar-refractivity contribution in [1.29, 1.82) is 0 Å².